The van der Waals surface area contributed by atoms with E-state index in [1.807, 2.05) is 6.07 Å². The molecule has 1 aromatic rings. The third-order valence-corrected chi connectivity index (χ3v) is 5.69. The van der Waals surface area contributed by atoms with E-state index in [1.165, 1.54) is 4.90 Å². The molecule has 2 saturated heterocycles. The summed E-state index contributed by atoms with van der Waals surface area (Å²) >= 11 is 0. The van der Waals surface area contributed by atoms with Crippen LogP contribution in [-0.4, -0.2) is 47.1 Å². The summed E-state index contributed by atoms with van der Waals surface area (Å²) in [6.07, 6.45) is -0.786. The van der Waals surface area contributed by atoms with Crippen LogP contribution in [0, 0.1) is 11.5 Å². The second-order valence-electron chi connectivity index (χ2n) is 7.32. The first-order valence-electron chi connectivity index (χ1n) is 9.00. The quantitative estimate of drug-likeness (QED) is 0.764. The number of alkyl halides is 3. The number of halogens is 3. The normalized spacial score (nSPS) is 27.7. The summed E-state index contributed by atoms with van der Waals surface area (Å²) in [7, 11) is 0. The second kappa shape index (κ2) is 6.69. The van der Waals surface area contributed by atoms with Crippen molar-refractivity contribution in [3.8, 4) is 6.19 Å². The number of nitrogens with one attached hydrogen (secondary N) is 2. The minimum absolute atomic E-state index is 0.0795. The van der Waals surface area contributed by atoms with Gasteiger partial charge in [-0.25, -0.2) is 5.43 Å². The molecule has 2 N–H and O–H groups in total. The van der Waals surface area contributed by atoms with Gasteiger partial charge in [0.15, 0.2) is 6.19 Å². The number of hydrazine groups is 1. The molecule has 6 nitrogen and oxygen atoms in total. The van der Waals surface area contributed by atoms with Crippen LogP contribution in [0.4, 0.5) is 13.2 Å². The zero-order valence-corrected chi connectivity index (χ0v) is 14.6. The van der Waals surface area contributed by atoms with E-state index in [0.29, 0.717) is 31.6 Å². The van der Waals surface area contributed by atoms with E-state index < -0.39 is 24.2 Å². The van der Waals surface area contributed by atoms with Crippen LogP contribution in [0.15, 0.2) is 18.2 Å². The highest BCUT2D eigenvalue weighted by molar-refractivity contribution is 5.83. The highest BCUT2D eigenvalue weighted by atomic mass is 19.4. The molecule has 0 saturated carbocycles. The number of nitriles is 1. The molecule has 3 heterocycles. The van der Waals surface area contributed by atoms with Crippen molar-refractivity contribution in [1.82, 2.24) is 20.7 Å². The molecule has 0 spiro atoms. The second-order valence-corrected chi connectivity index (χ2v) is 7.32. The fourth-order valence-electron chi connectivity index (χ4n) is 4.27. The Labute approximate surface area is 154 Å². The molecule has 0 aliphatic carbocycles. The Hall–Kier alpha value is -2.31. The van der Waals surface area contributed by atoms with E-state index in [4.69, 9.17) is 5.26 Å². The van der Waals surface area contributed by atoms with Crippen LogP contribution in [0.25, 0.3) is 0 Å². The van der Waals surface area contributed by atoms with Crippen LogP contribution >= 0.6 is 0 Å². The predicted molar refractivity (Wildman–Crippen MR) is 89.8 cm³/mol. The van der Waals surface area contributed by atoms with Gasteiger partial charge in [0.1, 0.15) is 12.1 Å². The lowest BCUT2D eigenvalue weighted by Crippen LogP contribution is -2.43. The Kier molecular flexibility index (Phi) is 4.48. The van der Waals surface area contributed by atoms with Crippen molar-refractivity contribution in [3.05, 3.63) is 34.9 Å². The Bertz CT molecular complexity index is 790. The van der Waals surface area contributed by atoms with Gasteiger partial charge in [-0.2, -0.15) is 18.4 Å². The van der Waals surface area contributed by atoms with E-state index >= 15 is 0 Å². The average Bonchev–Trinajstić information content (AvgIpc) is 3.37. The van der Waals surface area contributed by atoms with Gasteiger partial charge in [-0.3, -0.25) is 15.1 Å². The molecule has 1 aromatic carbocycles. The van der Waals surface area contributed by atoms with Crippen molar-refractivity contribution >= 4 is 5.91 Å². The first-order valence-corrected chi connectivity index (χ1v) is 9.00. The van der Waals surface area contributed by atoms with Crippen molar-refractivity contribution in [1.29, 1.82) is 5.26 Å². The summed E-state index contributed by atoms with van der Waals surface area (Å²) in [5.41, 5.74) is 7.36. The summed E-state index contributed by atoms with van der Waals surface area (Å²) in [5.74, 6) is -0.784. The monoisotopic (exact) mass is 379 g/mol. The van der Waals surface area contributed by atoms with Crippen molar-refractivity contribution < 1.29 is 18.0 Å². The van der Waals surface area contributed by atoms with E-state index in [1.54, 1.807) is 17.0 Å². The van der Waals surface area contributed by atoms with Crippen molar-refractivity contribution in [2.75, 3.05) is 13.1 Å². The van der Waals surface area contributed by atoms with E-state index in [-0.39, 0.29) is 12.5 Å². The van der Waals surface area contributed by atoms with Gasteiger partial charge in [0.05, 0.1) is 0 Å². The topological polar surface area (TPSA) is 71.4 Å². The van der Waals surface area contributed by atoms with Gasteiger partial charge in [0.25, 0.3) is 0 Å². The van der Waals surface area contributed by atoms with Gasteiger partial charge in [-0.15, -0.1) is 0 Å². The van der Waals surface area contributed by atoms with Gasteiger partial charge in [0, 0.05) is 32.1 Å². The number of rotatable bonds is 2. The molecule has 3 aliphatic rings. The van der Waals surface area contributed by atoms with E-state index in [0.717, 1.165) is 17.5 Å². The van der Waals surface area contributed by atoms with Crippen LogP contribution < -0.4 is 10.9 Å². The maximum atomic E-state index is 13.2. The summed E-state index contributed by atoms with van der Waals surface area (Å²) < 4.78 is 39.6. The predicted octanol–water partition coefficient (Wildman–Crippen LogP) is 1.60. The summed E-state index contributed by atoms with van der Waals surface area (Å²) in [6, 6.07) is 3.29. The first-order chi connectivity index (χ1) is 12.9. The van der Waals surface area contributed by atoms with Crippen molar-refractivity contribution in [2.45, 2.75) is 50.1 Å². The largest absolute Gasteiger partial charge is 0.405 e. The number of benzene rings is 1. The number of likely N-dealkylation sites (tertiary alicyclic amines) is 1. The van der Waals surface area contributed by atoms with Gasteiger partial charge < -0.3 is 4.90 Å². The van der Waals surface area contributed by atoms with Crippen molar-refractivity contribution in [3.63, 3.8) is 0 Å². The summed E-state index contributed by atoms with van der Waals surface area (Å²) in [4.78, 5) is 16.0. The standard InChI is InChI=1S/C18H20F3N5O/c19-18(20,21)16-14(7-23-24-16)11-3-4-12-8-26(9-13(12)6-11)17(27)15-2-1-5-25(15)10-22/h3-4,6,14-16,23-24H,1-2,5,7-9H2/t14?,15-,16?/m0/s1. The molecule has 0 aromatic heterocycles. The maximum Gasteiger partial charge on any atom is 0.405 e. The van der Waals surface area contributed by atoms with Gasteiger partial charge >= 0.3 is 6.18 Å². The molecule has 4 rings (SSSR count). The highest BCUT2D eigenvalue weighted by Gasteiger charge is 2.48. The van der Waals surface area contributed by atoms with E-state index in [2.05, 4.69) is 17.0 Å². The average molecular weight is 379 g/mol. The zero-order valence-electron chi connectivity index (χ0n) is 14.6. The molecule has 2 unspecified atom stereocenters. The molecule has 0 bridgehead atoms. The number of carbonyl (C=O) groups excluding carboxylic acids is 1. The number of fused-ring (bicyclic) bond motifs is 1. The Morgan fingerprint density at radius 3 is 2.78 bits per heavy atom. The molecule has 3 atom stereocenters. The lowest BCUT2D eigenvalue weighted by atomic mass is 9.90. The van der Waals surface area contributed by atoms with Crippen LogP contribution in [0.1, 0.15) is 35.4 Å². The summed E-state index contributed by atoms with van der Waals surface area (Å²) in [5, 5.41) is 9.15. The molecule has 1 amide bonds. The summed E-state index contributed by atoms with van der Waals surface area (Å²) in [6.45, 7) is 1.61. The maximum absolute atomic E-state index is 13.2. The van der Waals surface area contributed by atoms with Gasteiger partial charge in [-0.05, 0) is 29.5 Å². The third kappa shape index (κ3) is 3.24. The third-order valence-electron chi connectivity index (χ3n) is 5.69. The Balaban J connectivity index is 1.51. The molecular formula is C18H20F3N5O. The molecule has 2 fully saturated rings. The number of carbonyl (C=O) groups is 1. The number of nitrogens with zero attached hydrogens (tertiary/aromatic N) is 3. The minimum Gasteiger partial charge on any atom is -0.332 e. The van der Waals surface area contributed by atoms with Crippen LogP contribution in [0.5, 0.6) is 0 Å². The number of hydrogen-bond acceptors (Lipinski definition) is 5. The van der Waals surface area contributed by atoms with Crippen LogP contribution in [-0.2, 0) is 17.9 Å². The lowest BCUT2D eigenvalue weighted by molar-refractivity contribution is -0.156. The molecule has 9 heteroatoms. The Morgan fingerprint density at radius 1 is 1.26 bits per heavy atom. The SMILES string of the molecule is N#CN1CCC[C@H]1C(=O)N1Cc2ccc(C3CNNC3C(F)(F)F)cc2C1. The molecule has 3 aliphatic heterocycles. The molecular weight excluding hydrogens is 359 g/mol. The van der Waals surface area contributed by atoms with Gasteiger partial charge in [0.2, 0.25) is 5.91 Å². The fourth-order valence-corrected chi connectivity index (χ4v) is 4.27. The first kappa shape index (κ1) is 18.1. The van der Waals surface area contributed by atoms with E-state index in [9.17, 15) is 18.0 Å². The zero-order chi connectivity index (χ0) is 19.2. The number of amides is 1. The lowest BCUT2D eigenvalue weighted by Gasteiger charge is -2.23. The van der Waals surface area contributed by atoms with Crippen LogP contribution in [0.3, 0.4) is 0 Å². The van der Waals surface area contributed by atoms with Crippen molar-refractivity contribution in [2.24, 2.45) is 0 Å². The molecule has 0 radical (unpaired) electrons. The van der Waals surface area contributed by atoms with Gasteiger partial charge in [-0.1, -0.05) is 18.2 Å². The minimum atomic E-state index is -4.33. The fraction of sp³-hybridized carbons (Fsp3) is 0.556. The number of hydrogen-bond donors (Lipinski definition) is 2. The Morgan fingerprint density at radius 2 is 2.04 bits per heavy atom. The molecule has 144 valence electrons. The smallest absolute Gasteiger partial charge is 0.332 e. The molecule has 27 heavy (non-hydrogen) atoms. The van der Waals surface area contributed by atoms with Crippen LogP contribution in [0.2, 0.25) is 0 Å². The highest BCUT2D eigenvalue weighted by Crippen LogP contribution is 2.36.